The van der Waals surface area contributed by atoms with E-state index in [9.17, 15) is 10.5 Å². The lowest BCUT2D eigenvalue weighted by Crippen LogP contribution is -2.91. The minimum absolute atomic E-state index is 0.268. The molecule has 0 aromatic heterocycles. The summed E-state index contributed by atoms with van der Waals surface area (Å²) in [6, 6.07) is 4.55. The van der Waals surface area contributed by atoms with Crippen LogP contribution in [0.1, 0.15) is 26.7 Å². The Kier molecular flexibility index (Phi) is 2.68. The fourth-order valence-corrected chi connectivity index (χ4v) is 4.40. The molecule has 0 saturated heterocycles. The van der Waals surface area contributed by atoms with Gasteiger partial charge < -0.3 is 9.47 Å². The van der Waals surface area contributed by atoms with Gasteiger partial charge in [-0.1, -0.05) is 13.8 Å². The van der Waals surface area contributed by atoms with Crippen molar-refractivity contribution in [3.05, 3.63) is 0 Å². The molecule has 0 aromatic rings. The first-order valence-corrected chi connectivity index (χ1v) is 6.33. The highest BCUT2D eigenvalue weighted by molar-refractivity contribution is 5.94. The van der Waals surface area contributed by atoms with Crippen molar-refractivity contribution in [1.29, 1.82) is 10.5 Å². The predicted molar refractivity (Wildman–Crippen MR) is 66.0 cm³/mol. The zero-order chi connectivity index (χ0) is 14.5. The molecule has 19 heavy (non-hydrogen) atoms. The molecule has 1 heterocycles. The minimum atomic E-state index is -1.37. The molecule has 1 saturated carbocycles. The molecule has 2 atom stereocenters. The average molecular weight is 263 g/mol. The summed E-state index contributed by atoms with van der Waals surface area (Å²) in [7, 11) is 2.90. The number of amidine groups is 1. The molecule has 0 spiro atoms. The van der Waals surface area contributed by atoms with Crippen molar-refractivity contribution in [3.63, 3.8) is 0 Å². The first kappa shape index (κ1) is 13.8. The van der Waals surface area contributed by atoms with Crippen molar-refractivity contribution in [3.8, 4) is 12.1 Å². The van der Waals surface area contributed by atoms with Gasteiger partial charge in [0.25, 0.3) is 5.84 Å². The molecule has 6 nitrogen and oxygen atoms in total. The largest absolute Gasteiger partial charge is 0.342 e. The van der Waals surface area contributed by atoms with Gasteiger partial charge in [0.15, 0.2) is 10.8 Å². The van der Waals surface area contributed by atoms with Crippen molar-refractivity contribution < 1.29 is 14.5 Å². The Morgan fingerprint density at radius 3 is 1.95 bits per heavy atom. The van der Waals surface area contributed by atoms with E-state index in [1.165, 1.54) is 14.2 Å². The second-order valence-corrected chi connectivity index (χ2v) is 5.08. The number of ether oxygens (including phenoxy) is 2. The van der Waals surface area contributed by atoms with Crippen molar-refractivity contribution >= 4 is 5.84 Å². The maximum atomic E-state index is 9.81. The molecule has 3 N–H and O–H groups in total. The first-order chi connectivity index (χ1) is 8.99. The lowest BCUT2D eigenvalue weighted by molar-refractivity contribution is -0.690. The Hall–Kier alpha value is -1.63. The fraction of sp³-hybridized carbons (Fsp3) is 0.769. The van der Waals surface area contributed by atoms with Gasteiger partial charge in [0.05, 0.1) is 12.1 Å². The molecule has 2 aliphatic rings. The van der Waals surface area contributed by atoms with E-state index in [0.717, 1.165) is 0 Å². The van der Waals surface area contributed by atoms with E-state index in [1.807, 2.05) is 13.8 Å². The second kappa shape index (κ2) is 3.69. The summed E-state index contributed by atoms with van der Waals surface area (Å²) in [6.07, 6.45) is 1.31. The Labute approximate surface area is 112 Å². The fourth-order valence-electron chi connectivity index (χ4n) is 4.40. The molecule has 0 unspecified atom stereocenters. The summed E-state index contributed by atoms with van der Waals surface area (Å²) >= 11 is 0. The second-order valence-electron chi connectivity index (χ2n) is 5.08. The number of nitrogens with two attached hydrogens (primary N) is 1. The van der Waals surface area contributed by atoms with Crippen LogP contribution >= 0.6 is 0 Å². The number of nitrogens with zero attached hydrogens (tertiary/aromatic N) is 2. The van der Waals surface area contributed by atoms with Crippen LogP contribution in [-0.2, 0) is 9.47 Å². The van der Waals surface area contributed by atoms with E-state index in [-0.39, 0.29) is 5.84 Å². The predicted octanol–water partition coefficient (Wildman–Crippen LogP) is -0.776. The van der Waals surface area contributed by atoms with Crippen molar-refractivity contribution in [2.75, 3.05) is 14.2 Å². The standard InChI is InChI=1S/C13H18N4O2/c1-5-10(6-2)11(7-14)9(16)17-13(18-3,19-4)12(10,11)8-15/h5-6H2,1-4H3,(H2,16,17)/p+1/t11-,12+/m0/s1. The van der Waals surface area contributed by atoms with Crippen molar-refractivity contribution in [1.82, 2.24) is 0 Å². The normalized spacial score (nSPS) is 36.8. The number of nitriles is 2. The average Bonchev–Trinajstić information content (AvgIpc) is 2.93. The first-order valence-electron chi connectivity index (χ1n) is 6.33. The lowest BCUT2D eigenvalue weighted by atomic mass is 9.85. The maximum Gasteiger partial charge on any atom is 0.342 e. The summed E-state index contributed by atoms with van der Waals surface area (Å²) in [4.78, 5) is 2.88. The molecule has 1 aliphatic heterocycles. The highest BCUT2D eigenvalue weighted by Gasteiger charge is 3.02. The monoisotopic (exact) mass is 263 g/mol. The van der Waals surface area contributed by atoms with Gasteiger partial charge in [0, 0.05) is 19.6 Å². The Morgan fingerprint density at radius 1 is 1.16 bits per heavy atom. The van der Waals surface area contributed by atoms with Crippen LogP contribution in [0.25, 0.3) is 0 Å². The quantitative estimate of drug-likeness (QED) is 0.647. The molecule has 0 amide bonds. The minimum Gasteiger partial charge on any atom is -0.317 e. The highest BCUT2D eigenvalue weighted by atomic mass is 16.7. The molecule has 0 aromatic carbocycles. The van der Waals surface area contributed by atoms with Gasteiger partial charge in [-0.2, -0.15) is 10.5 Å². The van der Waals surface area contributed by atoms with Gasteiger partial charge in [-0.05, 0) is 12.8 Å². The van der Waals surface area contributed by atoms with Gasteiger partial charge >= 0.3 is 5.91 Å². The van der Waals surface area contributed by atoms with Gasteiger partial charge in [-0.3, -0.25) is 5.73 Å². The smallest absolute Gasteiger partial charge is 0.317 e. The molecule has 1 fully saturated rings. The summed E-state index contributed by atoms with van der Waals surface area (Å²) in [5.41, 5.74) is 3.31. The van der Waals surface area contributed by atoms with Crippen molar-refractivity contribution in [2.45, 2.75) is 32.6 Å². The molecule has 2 rings (SSSR count). The molecular formula is C13H19N4O2+. The zero-order valence-electron chi connectivity index (χ0n) is 11.7. The molecular weight excluding hydrogens is 244 g/mol. The Balaban J connectivity index is 2.80. The van der Waals surface area contributed by atoms with E-state index >= 15 is 0 Å². The van der Waals surface area contributed by atoms with Crippen LogP contribution in [0.2, 0.25) is 0 Å². The van der Waals surface area contributed by atoms with E-state index in [1.54, 1.807) is 0 Å². The van der Waals surface area contributed by atoms with E-state index in [4.69, 9.17) is 15.2 Å². The summed E-state index contributed by atoms with van der Waals surface area (Å²) in [6.45, 7) is 3.92. The molecule has 6 heteroatoms. The topological polar surface area (TPSA) is 106 Å². The zero-order valence-corrected chi connectivity index (χ0v) is 11.7. The SMILES string of the molecule is CCC1(CC)[C@@]2(C#N)C(OC)(OC)[NH+]=C(N)[C@@]12C#N. The lowest BCUT2D eigenvalue weighted by Gasteiger charge is -2.30. The van der Waals surface area contributed by atoms with Crippen LogP contribution in [0.4, 0.5) is 0 Å². The van der Waals surface area contributed by atoms with Gasteiger partial charge in [0.2, 0.25) is 0 Å². The summed E-state index contributed by atoms with van der Waals surface area (Å²) < 4.78 is 10.9. The van der Waals surface area contributed by atoms with Crippen molar-refractivity contribution in [2.24, 2.45) is 22.0 Å². The number of nitrogens with one attached hydrogen (secondary N) is 1. The van der Waals surface area contributed by atoms with Crippen LogP contribution in [0, 0.1) is 38.9 Å². The van der Waals surface area contributed by atoms with Gasteiger partial charge in [-0.25, -0.2) is 4.99 Å². The van der Waals surface area contributed by atoms with Crippen LogP contribution in [-0.4, -0.2) is 26.0 Å². The third-order valence-corrected chi connectivity index (χ3v) is 5.25. The molecule has 1 aliphatic carbocycles. The molecule has 0 bridgehead atoms. The number of methoxy groups -OCH3 is 2. The number of hydrogen-bond donors (Lipinski definition) is 2. The van der Waals surface area contributed by atoms with Crippen LogP contribution in [0.3, 0.4) is 0 Å². The highest BCUT2D eigenvalue weighted by Crippen LogP contribution is 2.84. The van der Waals surface area contributed by atoms with E-state index < -0.39 is 22.2 Å². The number of fused-ring (bicyclic) bond motifs is 1. The summed E-state index contributed by atoms with van der Waals surface area (Å²) in [5.74, 6) is -1.10. The maximum absolute atomic E-state index is 9.81. The summed E-state index contributed by atoms with van der Waals surface area (Å²) in [5, 5.41) is 19.5. The molecule has 102 valence electrons. The number of rotatable bonds is 4. The van der Waals surface area contributed by atoms with Gasteiger partial charge in [-0.15, -0.1) is 0 Å². The van der Waals surface area contributed by atoms with Crippen LogP contribution in [0.5, 0.6) is 0 Å². The third-order valence-electron chi connectivity index (χ3n) is 5.25. The van der Waals surface area contributed by atoms with E-state index in [2.05, 4.69) is 17.1 Å². The Bertz CT molecular complexity index is 522. The Morgan fingerprint density at radius 2 is 1.68 bits per heavy atom. The number of hydrogen-bond acceptors (Lipinski definition) is 5. The van der Waals surface area contributed by atoms with Crippen LogP contribution in [0.15, 0.2) is 0 Å². The van der Waals surface area contributed by atoms with Crippen LogP contribution < -0.4 is 10.7 Å². The van der Waals surface area contributed by atoms with Gasteiger partial charge in [0.1, 0.15) is 0 Å². The molecule has 0 radical (unpaired) electrons. The van der Waals surface area contributed by atoms with E-state index in [0.29, 0.717) is 12.8 Å². The third kappa shape index (κ3) is 0.898.